The molecule has 4 aliphatic rings. The fourth-order valence-corrected chi connectivity index (χ4v) is 6.15. The molecular weight excluding hydrogens is 288 g/mol. The van der Waals surface area contributed by atoms with Gasteiger partial charge >= 0.3 is 0 Å². The smallest absolute Gasteiger partial charge is 0.149 e. The molecule has 3 heteroatoms. The zero-order valence-corrected chi connectivity index (χ0v) is 14.3. The molecule has 2 nitrogen and oxygen atoms in total. The number of hydrogen-bond acceptors (Lipinski definition) is 3. The molecule has 1 aliphatic carbocycles. The molecule has 0 amide bonds. The predicted octanol–water partition coefficient (Wildman–Crippen LogP) is 4.92. The Hall–Kier alpha value is -1.48. The van der Waals surface area contributed by atoms with E-state index in [1.165, 1.54) is 40.2 Å². The maximum Gasteiger partial charge on any atom is 0.149 e. The van der Waals surface area contributed by atoms with Crippen molar-refractivity contribution in [1.29, 1.82) is 0 Å². The number of para-hydroxylation sites is 1. The molecule has 1 aromatic carbocycles. The van der Waals surface area contributed by atoms with Crippen LogP contribution >= 0.6 is 11.9 Å². The molecule has 3 unspecified atom stereocenters. The average molecular weight is 308 g/mol. The van der Waals surface area contributed by atoms with Crippen LogP contribution in [-0.2, 0) is 5.41 Å². The number of rotatable bonds is 0. The fraction of sp³-hybridized carbons (Fsp3) is 0.421. The maximum absolute atomic E-state index is 4.90. The summed E-state index contributed by atoms with van der Waals surface area (Å²) in [6.45, 7) is 9.15. The van der Waals surface area contributed by atoms with Crippen LogP contribution in [0.3, 0.4) is 0 Å². The van der Waals surface area contributed by atoms with Crippen molar-refractivity contribution in [1.82, 2.24) is 0 Å². The monoisotopic (exact) mass is 308 g/mol. The van der Waals surface area contributed by atoms with Gasteiger partial charge in [0.15, 0.2) is 0 Å². The van der Waals surface area contributed by atoms with E-state index in [-0.39, 0.29) is 0 Å². The Morgan fingerprint density at radius 3 is 2.73 bits per heavy atom. The number of anilines is 1. The molecule has 0 aromatic heterocycles. The van der Waals surface area contributed by atoms with Crippen molar-refractivity contribution < 1.29 is 0 Å². The number of allylic oxidation sites excluding steroid dienone is 2. The van der Waals surface area contributed by atoms with E-state index < -0.39 is 0 Å². The van der Waals surface area contributed by atoms with Gasteiger partial charge < -0.3 is 4.90 Å². The highest BCUT2D eigenvalue weighted by atomic mass is 32.2. The van der Waals surface area contributed by atoms with E-state index in [4.69, 9.17) is 4.40 Å². The molecule has 0 saturated heterocycles. The first-order valence-corrected chi connectivity index (χ1v) is 8.91. The van der Waals surface area contributed by atoms with Crippen molar-refractivity contribution in [3.8, 4) is 0 Å². The minimum absolute atomic E-state index is 0.309. The third-order valence-electron chi connectivity index (χ3n) is 6.37. The van der Waals surface area contributed by atoms with Crippen LogP contribution < -0.4 is 4.90 Å². The van der Waals surface area contributed by atoms with Gasteiger partial charge in [-0.3, -0.25) is 0 Å². The molecule has 1 fully saturated rings. The van der Waals surface area contributed by atoms with Crippen molar-refractivity contribution in [3.05, 3.63) is 47.1 Å². The largest absolute Gasteiger partial charge is 0.309 e. The first-order chi connectivity index (χ1) is 10.6. The van der Waals surface area contributed by atoms with Crippen molar-refractivity contribution in [2.24, 2.45) is 9.81 Å². The maximum atomic E-state index is 4.90. The van der Waals surface area contributed by atoms with Gasteiger partial charge in [0.25, 0.3) is 0 Å². The summed E-state index contributed by atoms with van der Waals surface area (Å²) in [5.74, 6) is 1.17. The van der Waals surface area contributed by atoms with Crippen LogP contribution in [0.25, 0.3) is 5.57 Å². The Labute approximate surface area is 136 Å². The third kappa shape index (κ3) is 1.14. The molecule has 112 valence electrons. The van der Waals surface area contributed by atoms with Crippen molar-refractivity contribution in [2.75, 3.05) is 4.90 Å². The number of benzene rings is 1. The molecule has 0 bridgehead atoms. The molecule has 22 heavy (non-hydrogen) atoms. The van der Waals surface area contributed by atoms with Crippen LogP contribution in [0.2, 0.25) is 0 Å². The Morgan fingerprint density at radius 2 is 2.00 bits per heavy atom. The lowest BCUT2D eigenvalue weighted by atomic mass is 9.77. The number of hydrogen-bond donors (Lipinski definition) is 0. The molecule has 0 spiro atoms. The molecule has 3 atom stereocenters. The summed E-state index contributed by atoms with van der Waals surface area (Å²) in [6.07, 6.45) is 5.73. The summed E-state index contributed by atoms with van der Waals surface area (Å²) in [5, 5.41) is 0.453. The standard InChI is InChI=1S/C19H20N2S/c1-5-11-12(6-2)16-20-22-17-19(4)10-18(19,3)14-9-7-8-13(11)15(14)21(16)17/h5-9,17H,10H2,1-4H3/b11-5+,12-6+. The quantitative estimate of drug-likeness (QED) is 0.632. The SMILES string of the molecule is C/C=C1\C(=C/C)C2=NSC3N2c2c1cccc2C1(C)CC31C. The number of nitrogens with zero attached hydrogens (tertiary/aromatic N) is 2. The summed E-state index contributed by atoms with van der Waals surface area (Å²) >= 11 is 1.78. The van der Waals surface area contributed by atoms with Gasteiger partial charge in [0, 0.05) is 33.9 Å². The molecule has 3 heterocycles. The van der Waals surface area contributed by atoms with Gasteiger partial charge in [0.1, 0.15) is 11.2 Å². The Bertz CT molecular complexity index is 819. The minimum Gasteiger partial charge on any atom is -0.309 e. The summed E-state index contributed by atoms with van der Waals surface area (Å²) < 4.78 is 4.90. The zero-order valence-electron chi connectivity index (χ0n) is 13.5. The molecule has 0 N–H and O–H groups in total. The van der Waals surface area contributed by atoms with Crippen molar-refractivity contribution in [2.45, 2.75) is 44.9 Å². The highest BCUT2D eigenvalue weighted by Crippen LogP contribution is 2.75. The van der Waals surface area contributed by atoms with E-state index in [9.17, 15) is 0 Å². The summed E-state index contributed by atoms with van der Waals surface area (Å²) in [6, 6.07) is 6.86. The first kappa shape index (κ1) is 13.0. The zero-order chi connectivity index (χ0) is 15.3. The molecule has 3 aliphatic heterocycles. The van der Waals surface area contributed by atoms with Gasteiger partial charge in [0.05, 0.1) is 5.69 Å². The van der Waals surface area contributed by atoms with Gasteiger partial charge in [-0.1, -0.05) is 44.2 Å². The highest BCUT2D eigenvalue weighted by molar-refractivity contribution is 7.99. The van der Waals surface area contributed by atoms with E-state index in [0.29, 0.717) is 16.2 Å². The van der Waals surface area contributed by atoms with E-state index in [1.54, 1.807) is 11.9 Å². The second kappa shape index (κ2) is 3.70. The van der Waals surface area contributed by atoms with Gasteiger partial charge in [0.2, 0.25) is 0 Å². The summed E-state index contributed by atoms with van der Waals surface area (Å²) in [4.78, 5) is 2.53. The van der Waals surface area contributed by atoms with E-state index >= 15 is 0 Å². The lowest BCUT2D eigenvalue weighted by molar-refractivity contribution is 0.446. The normalized spacial score (nSPS) is 40.6. The molecule has 1 aromatic rings. The molecule has 1 saturated carbocycles. The first-order valence-electron chi connectivity index (χ1n) is 8.07. The minimum atomic E-state index is 0.309. The lowest BCUT2D eigenvalue weighted by Gasteiger charge is -2.44. The molecule has 0 radical (unpaired) electrons. The van der Waals surface area contributed by atoms with Gasteiger partial charge in [-0.05, 0) is 31.4 Å². The van der Waals surface area contributed by atoms with Crippen LogP contribution in [0.15, 0.2) is 40.3 Å². The molecule has 5 rings (SSSR count). The Kier molecular flexibility index (Phi) is 2.19. The lowest BCUT2D eigenvalue weighted by Crippen LogP contribution is -2.48. The van der Waals surface area contributed by atoms with Gasteiger partial charge in [-0.25, -0.2) is 0 Å². The summed E-state index contributed by atoms with van der Waals surface area (Å²) in [5.41, 5.74) is 7.60. The number of fused-ring (bicyclic) bond motifs is 3. The van der Waals surface area contributed by atoms with Gasteiger partial charge in [-0.15, -0.1) is 0 Å². The fourth-order valence-electron chi connectivity index (χ4n) is 4.89. The van der Waals surface area contributed by atoms with E-state index in [0.717, 1.165) is 0 Å². The second-order valence-corrected chi connectivity index (χ2v) is 8.12. The second-order valence-electron chi connectivity index (χ2n) is 7.28. The topological polar surface area (TPSA) is 15.6 Å². The molecular formula is C19H20N2S. The van der Waals surface area contributed by atoms with E-state index in [2.05, 4.69) is 62.9 Å². The van der Waals surface area contributed by atoms with Crippen LogP contribution in [0.1, 0.15) is 45.2 Å². The third-order valence-corrected chi connectivity index (χ3v) is 7.58. The van der Waals surface area contributed by atoms with E-state index in [1.807, 2.05) is 0 Å². The Balaban J connectivity index is 1.91. The summed E-state index contributed by atoms with van der Waals surface area (Å²) in [7, 11) is 0. The highest BCUT2D eigenvalue weighted by Gasteiger charge is 2.72. The number of amidine groups is 1. The average Bonchev–Trinajstić information content (AvgIpc) is 2.91. The van der Waals surface area contributed by atoms with Crippen molar-refractivity contribution >= 4 is 29.0 Å². The Morgan fingerprint density at radius 1 is 1.23 bits per heavy atom. The van der Waals surface area contributed by atoms with Crippen LogP contribution in [-0.4, -0.2) is 11.2 Å². The van der Waals surface area contributed by atoms with Crippen molar-refractivity contribution in [3.63, 3.8) is 0 Å². The van der Waals surface area contributed by atoms with Crippen LogP contribution in [0.4, 0.5) is 5.69 Å². The van der Waals surface area contributed by atoms with Crippen LogP contribution in [0.5, 0.6) is 0 Å². The predicted molar refractivity (Wildman–Crippen MR) is 95.2 cm³/mol. The van der Waals surface area contributed by atoms with Gasteiger partial charge in [-0.2, -0.15) is 4.40 Å². The van der Waals surface area contributed by atoms with Crippen LogP contribution in [0, 0.1) is 5.41 Å².